The Balaban J connectivity index is 1.60. The standard InChI is InChI=1S/C18H15Cl2N3O2/c1-11-4-2-5-12(10-11)18-22-16(25-23-18)9-8-15(24)21-14-7-3-6-13(19)17(14)20/h2-7,10H,8-9H2,1H3,(H,21,24). The zero-order valence-electron chi connectivity index (χ0n) is 13.4. The number of rotatable bonds is 5. The van der Waals surface area contributed by atoms with Crippen molar-refractivity contribution in [2.24, 2.45) is 0 Å². The summed E-state index contributed by atoms with van der Waals surface area (Å²) in [6.45, 7) is 2.00. The molecular weight excluding hydrogens is 361 g/mol. The molecule has 0 saturated heterocycles. The van der Waals surface area contributed by atoms with E-state index in [2.05, 4.69) is 15.5 Å². The van der Waals surface area contributed by atoms with Gasteiger partial charge in [0.05, 0.1) is 15.7 Å². The van der Waals surface area contributed by atoms with E-state index in [1.807, 2.05) is 31.2 Å². The van der Waals surface area contributed by atoms with Gasteiger partial charge in [-0.05, 0) is 25.1 Å². The van der Waals surface area contributed by atoms with Crippen LogP contribution in [0.3, 0.4) is 0 Å². The van der Waals surface area contributed by atoms with Gasteiger partial charge in [0.25, 0.3) is 0 Å². The molecule has 0 spiro atoms. The number of amides is 1. The molecule has 0 saturated carbocycles. The summed E-state index contributed by atoms with van der Waals surface area (Å²) < 4.78 is 5.21. The Labute approximate surface area is 155 Å². The van der Waals surface area contributed by atoms with Crippen LogP contribution in [0.1, 0.15) is 17.9 Å². The molecule has 7 heteroatoms. The first-order valence-electron chi connectivity index (χ1n) is 7.66. The maximum absolute atomic E-state index is 12.1. The van der Waals surface area contributed by atoms with Crippen LogP contribution in [0.5, 0.6) is 0 Å². The van der Waals surface area contributed by atoms with E-state index in [9.17, 15) is 4.79 Å². The van der Waals surface area contributed by atoms with Crippen LogP contribution in [0.15, 0.2) is 47.0 Å². The highest BCUT2D eigenvalue weighted by Gasteiger charge is 2.12. The lowest BCUT2D eigenvalue weighted by Crippen LogP contribution is -2.12. The number of halogens is 2. The third-order valence-corrected chi connectivity index (χ3v) is 4.35. The van der Waals surface area contributed by atoms with Gasteiger partial charge in [-0.2, -0.15) is 4.98 Å². The largest absolute Gasteiger partial charge is 0.339 e. The molecule has 1 amide bonds. The molecule has 1 aromatic heterocycles. The summed E-state index contributed by atoms with van der Waals surface area (Å²) in [5, 5.41) is 7.39. The van der Waals surface area contributed by atoms with Gasteiger partial charge >= 0.3 is 0 Å². The topological polar surface area (TPSA) is 68.0 Å². The van der Waals surface area contributed by atoms with Crippen LogP contribution in [-0.2, 0) is 11.2 Å². The molecule has 0 unspecified atom stereocenters. The molecule has 128 valence electrons. The van der Waals surface area contributed by atoms with Gasteiger partial charge in [-0.1, -0.05) is 58.2 Å². The number of carbonyl (C=O) groups is 1. The summed E-state index contributed by atoms with van der Waals surface area (Å²) in [5.41, 5.74) is 2.47. The van der Waals surface area contributed by atoms with Gasteiger partial charge < -0.3 is 9.84 Å². The monoisotopic (exact) mass is 375 g/mol. The van der Waals surface area contributed by atoms with Gasteiger partial charge in [0.2, 0.25) is 17.6 Å². The highest BCUT2D eigenvalue weighted by molar-refractivity contribution is 6.43. The van der Waals surface area contributed by atoms with Crippen LogP contribution in [0.4, 0.5) is 5.69 Å². The van der Waals surface area contributed by atoms with Crippen LogP contribution in [0.25, 0.3) is 11.4 Å². The van der Waals surface area contributed by atoms with Gasteiger partial charge in [0.15, 0.2) is 0 Å². The summed E-state index contributed by atoms with van der Waals surface area (Å²) in [4.78, 5) is 16.4. The third kappa shape index (κ3) is 4.38. The molecule has 25 heavy (non-hydrogen) atoms. The number of aryl methyl sites for hydroxylation is 2. The Kier molecular flexibility index (Phi) is 5.36. The number of nitrogens with one attached hydrogen (secondary N) is 1. The van der Waals surface area contributed by atoms with Crippen molar-refractivity contribution < 1.29 is 9.32 Å². The fourth-order valence-electron chi connectivity index (χ4n) is 2.29. The number of aromatic nitrogens is 2. The van der Waals surface area contributed by atoms with Crippen molar-refractivity contribution in [1.82, 2.24) is 10.1 Å². The minimum atomic E-state index is -0.209. The van der Waals surface area contributed by atoms with Gasteiger partial charge in [-0.15, -0.1) is 0 Å². The molecule has 1 N–H and O–H groups in total. The molecule has 3 aromatic rings. The second-order valence-corrected chi connectivity index (χ2v) is 6.32. The van der Waals surface area contributed by atoms with Crippen molar-refractivity contribution in [3.63, 3.8) is 0 Å². The molecule has 0 aliphatic heterocycles. The van der Waals surface area contributed by atoms with E-state index in [4.69, 9.17) is 27.7 Å². The number of hydrogen-bond acceptors (Lipinski definition) is 4. The highest BCUT2D eigenvalue weighted by atomic mass is 35.5. The second-order valence-electron chi connectivity index (χ2n) is 5.53. The number of benzene rings is 2. The zero-order chi connectivity index (χ0) is 17.8. The molecule has 0 aliphatic carbocycles. The number of hydrogen-bond donors (Lipinski definition) is 1. The SMILES string of the molecule is Cc1cccc(-c2noc(CCC(=O)Nc3cccc(Cl)c3Cl)n2)c1. The van der Waals surface area contributed by atoms with Crippen molar-refractivity contribution in [2.45, 2.75) is 19.8 Å². The Morgan fingerprint density at radius 3 is 2.80 bits per heavy atom. The van der Waals surface area contributed by atoms with E-state index in [1.54, 1.807) is 18.2 Å². The van der Waals surface area contributed by atoms with E-state index in [-0.39, 0.29) is 12.3 Å². The molecule has 0 atom stereocenters. The smallest absolute Gasteiger partial charge is 0.227 e. The van der Waals surface area contributed by atoms with Crippen molar-refractivity contribution in [3.8, 4) is 11.4 Å². The van der Waals surface area contributed by atoms with Crippen LogP contribution in [-0.4, -0.2) is 16.0 Å². The van der Waals surface area contributed by atoms with E-state index >= 15 is 0 Å². The minimum absolute atomic E-state index is 0.193. The molecular formula is C18H15Cl2N3O2. The number of carbonyl (C=O) groups excluding carboxylic acids is 1. The quantitative estimate of drug-likeness (QED) is 0.686. The summed E-state index contributed by atoms with van der Waals surface area (Å²) in [5.74, 6) is 0.709. The summed E-state index contributed by atoms with van der Waals surface area (Å²) in [6, 6.07) is 12.9. The predicted octanol–water partition coefficient (Wildman–Crippen LogP) is 4.92. The van der Waals surface area contributed by atoms with Crippen molar-refractivity contribution >= 4 is 34.8 Å². The summed E-state index contributed by atoms with van der Waals surface area (Å²) in [6.07, 6.45) is 0.529. The lowest BCUT2D eigenvalue weighted by atomic mass is 10.1. The first-order chi connectivity index (χ1) is 12.0. The highest BCUT2D eigenvalue weighted by Crippen LogP contribution is 2.29. The van der Waals surface area contributed by atoms with E-state index in [1.165, 1.54) is 0 Å². The maximum Gasteiger partial charge on any atom is 0.227 e. The molecule has 1 heterocycles. The van der Waals surface area contributed by atoms with E-state index < -0.39 is 0 Å². The predicted molar refractivity (Wildman–Crippen MR) is 97.9 cm³/mol. The van der Waals surface area contributed by atoms with Gasteiger partial charge in [0, 0.05) is 18.4 Å². The van der Waals surface area contributed by atoms with Gasteiger partial charge in [-0.25, -0.2) is 0 Å². The normalized spacial score (nSPS) is 10.7. The van der Waals surface area contributed by atoms with Crippen LogP contribution in [0.2, 0.25) is 10.0 Å². The first kappa shape index (κ1) is 17.5. The summed E-state index contributed by atoms with van der Waals surface area (Å²) in [7, 11) is 0. The molecule has 2 aromatic carbocycles. The second kappa shape index (κ2) is 7.68. The Morgan fingerprint density at radius 1 is 1.20 bits per heavy atom. The number of nitrogens with zero attached hydrogens (tertiary/aromatic N) is 2. The molecule has 5 nitrogen and oxygen atoms in total. The average Bonchev–Trinajstić information content (AvgIpc) is 3.06. The average molecular weight is 376 g/mol. The van der Waals surface area contributed by atoms with Crippen molar-refractivity contribution in [1.29, 1.82) is 0 Å². The van der Waals surface area contributed by atoms with Crippen molar-refractivity contribution in [2.75, 3.05) is 5.32 Å². The van der Waals surface area contributed by atoms with Crippen LogP contribution < -0.4 is 5.32 Å². The van der Waals surface area contributed by atoms with Crippen LogP contribution >= 0.6 is 23.2 Å². The fourth-order valence-corrected chi connectivity index (χ4v) is 2.64. The lowest BCUT2D eigenvalue weighted by molar-refractivity contribution is -0.116. The maximum atomic E-state index is 12.1. The van der Waals surface area contributed by atoms with Gasteiger partial charge in [0.1, 0.15) is 0 Å². The molecule has 0 aliphatic rings. The number of anilines is 1. The van der Waals surface area contributed by atoms with Gasteiger partial charge in [-0.3, -0.25) is 4.79 Å². The third-order valence-electron chi connectivity index (χ3n) is 3.54. The first-order valence-corrected chi connectivity index (χ1v) is 8.42. The Morgan fingerprint density at radius 2 is 2.00 bits per heavy atom. The molecule has 0 bridgehead atoms. The Hall–Kier alpha value is -2.37. The fraction of sp³-hybridized carbons (Fsp3) is 0.167. The minimum Gasteiger partial charge on any atom is -0.339 e. The molecule has 3 rings (SSSR count). The zero-order valence-corrected chi connectivity index (χ0v) is 14.9. The van der Waals surface area contributed by atoms with Crippen molar-refractivity contribution in [3.05, 3.63) is 64.0 Å². The molecule has 0 radical (unpaired) electrons. The lowest BCUT2D eigenvalue weighted by Gasteiger charge is -2.07. The van der Waals surface area contributed by atoms with Crippen LogP contribution in [0, 0.1) is 6.92 Å². The summed E-state index contributed by atoms with van der Waals surface area (Å²) >= 11 is 12.0. The Bertz CT molecular complexity index is 909. The molecule has 0 fully saturated rings. The van der Waals surface area contributed by atoms with E-state index in [0.29, 0.717) is 33.9 Å². The van der Waals surface area contributed by atoms with E-state index in [0.717, 1.165) is 11.1 Å².